The van der Waals surface area contributed by atoms with Gasteiger partial charge in [-0.15, -0.1) is 23.7 Å². The number of nitrogens with two attached hydrogens (primary N) is 1. The lowest BCUT2D eigenvalue weighted by Crippen LogP contribution is -2.30. The average Bonchev–Trinajstić information content (AvgIpc) is 3.16. The SMILES string of the molecule is COc1cccc(C(=O)Nc2sc3c(c2C(N)=O)CCN(Cc2ccccc2)C3)c1OC.Cl. The molecule has 174 valence electrons. The normalized spacial score (nSPS) is 12.9. The van der Waals surface area contributed by atoms with Crippen molar-refractivity contribution >= 4 is 40.6 Å². The van der Waals surface area contributed by atoms with E-state index < -0.39 is 5.91 Å². The zero-order valence-electron chi connectivity index (χ0n) is 18.4. The number of anilines is 1. The van der Waals surface area contributed by atoms with Gasteiger partial charge in [-0.1, -0.05) is 36.4 Å². The van der Waals surface area contributed by atoms with Crippen LogP contribution in [-0.2, 0) is 19.5 Å². The molecule has 3 N–H and O–H groups in total. The Morgan fingerprint density at radius 2 is 1.85 bits per heavy atom. The van der Waals surface area contributed by atoms with E-state index in [1.807, 2.05) is 18.2 Å². The summed E-state index contributed by atoms with van der Waals surface area (Å²) in [4.78, 5) is 28.7. The molecule has 0 aliphatic carbocycles. The first kappa shape index (κ1) is 24.6. The number of thiophene rings is 1. The van der Waals surface area contributed by atoms with Crippen molar-refractivity contribution in [3.8, 4) is 11.5 Å². The quantitative estimate of drug-likeness (QED) is 0.523. The predicted molar refractivity (Wildman–Crippen MR) is 132 cm³/mol. The number of carbonyl (C=O) groups excluding carboxylic acids is 2. The Kier molecular flexibility index (Phi) is 7.97. The summed E-state index contributed by atoms with van der Waals surface area (Å²) >= 11 is 1.40. The number of hydrogen-bond donors (Lipinski definition) is 2. The van der Waals surface area contributed by atoms with E-state index in [0.717, 1.165) is 23.5 Å². The highest BCUT2D eigenvalue weighted by Gasteiger charge is 2.28. The predicted octanol–water partition coefficient (Wildman–Crippen LogP) is 4.10. The largest absolute Gasteiger partial charge is 0.493 e. The summed E-state index contributed by atoms with van der Waals surface area (Å²) in [6.45, 7) is 2.34. The van der Waals surface area contributed by atoms with Crippen molar-refractivity contribution in [1.29, 1.82) is 0 Å². The van der Waals surface area contributed by atoms with Gasteiger partial charge in [0.1, 0.15) is 5.00 Å². The number of halogens is 1. The first-order valence-electron chi connectivity index (χ1n) is 10.2. The fourth-order valence-corrected chi connectivity index (χ4v) is 5.31. The van der Waals surface area contributed by atoms with Crippen molar-refractivity contribution in [1.82, 2.24) is 4.90 Å². The third-order valence-electron chi connectivity index (χ3n) is 5.51. The van der Waals surface area contributed by atoms with E-state index in [0.29, 0.717) is 40.6 Å². The number of carbonyl (C=O) groups is 2. The van der Waals surface area contributed by atoms with Crippen molar-refractivity contribution in [2.45, 2.75) is 19.5 Å². The van der Waals surface area contributed by atoms with Crippen LogP contribution < -0.4 is 20.5 Å². The average molecular weight is 488 g/mol. The molecule has 9 heteroatoms. The number of ether oxygens (including phenoxy) is 2. The van der Waals surface area contributed by atoms with Gasteiger partial charge in [0.25, 0.3) is 11.8 Å². The molecule has 2 amide bonds. The lowest BCUT2D eigenvalue weighted by Gasteiger charge is -2.27. The Morgan fingerprint density at radius 1 is 1.09 bits per heavy atom. The Hall–Kier alpha value is -3.07. The minimum Gasteiger partial charge on any atom is -0.493 e. The van der Waals surface area contributed by atoms with Gasteiger partial charge in [-0.05, 0) is 29.7 Å². The molecule has 0 bridgehead atoms. The van der Waals surface area contributed by atoms with Gasteiger partial charge in [0, 0.05) is 24.5 Å². The molecule has 1 aromatic heterocycles. The smallest absolute Gasteiger partial charge is 0.260 e. The molecule has 1 aliphatic heterocycles. The Bertz CT molecular complexity index is 1150. The van der Waals surface area contributed by atoms with Crippen molar-refractivity contribution in [2.24, 2.45) is 5.73 Å². The molecule has 2 aromatic carbocycles. The van der Waals surface area contributed by atoms with Crippen LogP contribution in [0.1, 0.15) is 36.7 Å². The van der Waals surface area contributed by atoms with Crippen LogP contribution in [0.15, 0.2) is 48.5 Å². The number of hydrogen-bond acceptors (Lipinski definition) is 6. The second-order valence-electron chi connectivity index (χ2n) is 7.51. The van der Waals surface area contributed by atoms with Crippen LogP contribution in [0.2, 0.25) is 0 Å². The molecule has 0 radical (unpaired) electrons. The van der Waals surface area contributed by atoms with Gasteiger partial charge in [0.2, 0.25) is 0 Å². The lowest BCUT2D eigenvalue weighted by molar-refractivity contribution is 0.0999. The summed E-state index contributed by atoms with van der Waals surface area (Å²) in [5, 5.41) is 3.35. The molecular formula is C24H26ClN3O4S. The monoisotopic (exact) mass is 487 g/mol. The summed E-state index contributed by atoms with van der Waals surface area (Å²) in [6, 6.07) is 15.3. The highest BCUT2D eigenvalue weighted by molar-refractivity contribution is 7.17. The highest BCUT2D eigenvalue weighted by Crippen LogP contribution is 2.38. The number of rotatable bonds is 7. The molecule has 0 saturated heterocycles. The zero-order chi connectivity index (χ0) is 22.7. The first-order chi connectivity index (χ1) is 15.5. The van der Waals surface area contributed by atoms with E-state index in [2.05, 4.69) is 22.3 Å². The van der Waals surface area contributed by atoms with E-state index in [4.69, 9.17) is 15.2 Å². The van der Waals surface area contributed by atoms with Crippen molar-refractivity contribution in [2.75, 3.05) is 26.1 Å². The fraction of sp³-hybridized carbons (Fsp3) is 0.250. The first-order valence-corrected chi connectivity index (χ1v) is 11.1. The minimum absolute atomic E-state index is 0. The highest BCUT2D eigenvalue weighted by atomic mass is 35.5. The van der Waals surface area contributed by atoms with Gasteiger partial charge < -0.3 is 20.5 Å². The summed E-state index contributed by atoms with van der Waals surface area (Å²) in [5.74, 6) is -0.129. The van der Waals surface area contributed by atoms with Crippen LogP contribution >= 0.6 is 23.7 Å². The van der Waals surface area contributed by atoms with Crippen LogP contribution in [0.5, 0.6) is 11.5 Å². The van der Waals surface area contributed by atoms with E-state index in [1.54, 1.807) is 18.2 Å². The molecule has 2 heterocycles. The van der Waals surface area contributed by atoms with Gasteiger partial charge in [-0.3, -0.25) is 14.5 Å². The van der Waals surface area contributed by atoms with E-state index >= 15 is 0 Å². The molecule has 0 saturated carbocycles. The number of nitrogens with one attached hydrogen (secondary N) is 1. The van der Waals surface area contributed by atoms with Gasteiger partial charge in [0.05, 0.1) is 25.3 Å². The molecule has 0 spiro atoms. The van der Waals surface area contributed by atoms with E-state index in [1.165, 1.54) is 31.1 Å². The summed E-state index contributed by atoms with van der Waals surface area (Å²) in [6.07, 6.45) is 0.704. The minimum atomic E-state index is -0.535. The number of fused-ring (bicyclic) bond motifs is 1. The number of para-hydroxylation sites is 1. The number of amides is 2. The summed E-state index contributed by atoms with van der Waals surface area (Å²) < 4.78 is 10.7. The Balaban J connectivity index is 0.00000306. The maximum atomic E-state index is 13.1. The van der Waals surface area contributed by atoms with Crippen LogP contribution in [0.4, 0.5) is 5.00 Å². The summed E-state index contributed by atoms with van der Waals surface area (Å²) in [5.41, 5.74) is 8.60. The molecule has 33 heavy (non-hydrogen) atoms. The van der Waals surface area contributed by atoms with Gasteiger partial charge in [-0.2, -0.15) is 0 Å². The lowest BCUT2D eigenvalue weighted by atomic mass is 10.0. The zero-order valence-corrected chi connectivity index (χ0v) is 20.1. The number of nitrogens with zero attached hydrogens (tertiary/aromatic N) is 1. The summed E-state index contributed by atoms with van der Waals surface area (Å²) in [7, 11) is 2.99. The van der Waals surface area contributed by atoms with E-state index in [9.17, 15) is 9.59 Å². The molecule has 0 atom stereocenters. The topological polar surface area (TPSA) is 93.9 Å². The molecule has 7 nitrogen and oxygen atoms in total. The standard InChI is InChI=1S/C24H25N3O4S.ClH/c1-30-18-10-6-9-17(21(18)31-2)23(29)26-24-20(22(25)28)16-11-12-27(14-19(16)32-24)13-15-7-4-3-5-8-15;/h3-10H,11-14H2,1-2H3,(H2,25,28)(H,26,29);1H. The van der Waals surface area contributed by atoms with E-state index in [-0.39, 0.29) is 18.3 Å². The van der Waals surface area contributed by atoms with Gasteiger partial charge >= 0.3 is 0 Å². The third kappa shape index (κ3) is 5.13. The van der Waals surface area contributed by atoms with Crippen molar-refractivity contribution in [3.05, 3.63) is 75.7 Å². The molecular weight excluding hydrogens is 462 g/mol. The molecule has 4 rings (SSSR count). The van der Waals surface area contributed by atoms with Crippen LogP contribution in [0.3, 0.4) is 0 Å². The second-order valence-corrected chi connectivity index (χ2v) is 8.62. The molecule has 1 aliphatic rings. The molecule has 0 fully saturated rings. The van der Waals surface area contributed by atoms with Crippen molar-refractivity contribution in [3.63, 3.8) is 0 Å². The third-order valence-corrected chi connectivity index (χ3v) is 6.64. The molecule has 0 unspecified atom stereocenters. The Labute approximate surface area is 202 Å². The number of methoxy groups -OCH3 is 2. The second kappa shape index (κ2) is 10.7. The maximum Gasteiger partial charge on any atom is 0.260 e. The fourth-order valence-electron chi connectivity index (χ4n) is 4.02. The van der Waals surface area contributed by atoms with Crippen molar-refractivity contribution < 1.29 is 19.1 Å². The maximum absolute atomic E-state index is 13.1. The number of benzene rings is 2. The van der Waals surface area contributed by atoms with Gasteiger partial charge in [0.15, 0.2) is 11.5 Å². The molecule has 3 aromatic rings. The number of primary amides is 1. The van der Waals surface area contributed by atoms with Crippen LogP contribution in [0, 0.1) is 0 Å². The van der Waals surface area contributed by atoms with Gasteiger partial charge in [-0.25, -0.2) is 0 Å². The van der Waals surface area contributed by atoms with Crippen LogP contribution in [0.25, 0.3) is 0 Å². The van der Waals surface area contributed by atoms with Crippen LogP contribution in [-0.4, -0.2) is 37.5 Å². The Morgan fingerprint density at radius 3 is 2.52 bits per heavy atom.